The Morgan fingerprint density at radius 1 is 1.33 bits per heavy atom. The lowest BCUT2D eigenvalue weighted by molar-refractivity contribution is 0.0732. The maximum atomic E-state index is 12.9. The summed E-state index contributed by atoms with van der Waals surface area (Å²) >= 11 is 0. The average molecular weight is 283 g/mol. The fourth-order valence-corrected chi connectivity index (χ4v) is 3.14. The number of nitrogens with two attached hydrogens (primary N) is 1. The Labute approximate surface area is 125 Å². The highest BCUT2D eigenvalue weighted by atomic mass is 16.2. The van der Waals surface area contributed by atoms with Gasteiger partial charge in [-0.05, 0) is 56.0 Å². The van der Waals surface area contributed by atoms with Crippen LogP contribution in [0.15, 0.2) is 30.5 Å². The first-order valence-electron chi connectivity index (χ1n) is 7.39. The summed E-state index contributed by atoms with van der Waals surface area (Å²) in [4.78, 5) is 18.1. The van der Waals surface area contributed by atoms with Crippen LogP contribution in [0.3, 0.4) is 0 Å². The molecule has 1 aromatic carbocycles. The molecule has 0 bridgehead atoms. The highest BCUT2D eigenvalue weighted by Crippen LogP contribution is 2.33. The third kappa shape index (κ3) is 2.42. The minimum absolute atomic E-state index is 0.0799. The number of aromatic amines is 1. The second-order valence-corrected chi connectivity index (χ2v) is 5.81. The number of anilines is 1. The molecule has 1 amide bonds. The summed E-state index contributed by atoms with van der Waals surface area (Å²) in [5, 5.41) is 0. The fourth-order valence-electron chi connectivity index (χ4n) is 3.14. The first-order valence-corrected chi connectivity index (χ1v) is 7.39. The van der Waals surface area contributed by atoms with Gasteiger partial charge in [0.05, 0.1) is 6.04 Å². The van der Waals surface area contributed by atoms with Crippen LogP contribution in [0, 0.1) is 13.8 Å². The molecule has 1 unspecified atom stereocenters. The molecular weight excluding hydrogens is 262 g/mol. The van der Waals surface area contributed by atoms with Gasteiger partial charge in [0.25, 0.3) is 5.91 Å². The highest BCUT2D eigenvalue weighted by Gasteiger charge is 2.31. The molecule has 21 heavy (non-hydrogen) atoms. The Hall–Kier alpha value is -2.23. The molecule has 1 saturated heterocycles. The van der Waals surface area contributed by atoms with Crippen molar-refractivity contribution in [1.82, 2.24) is 9.88 Å². The largest absolute Gasteiger partial charge is 0.398 e. The van der Waals surface area contributed by atoms with Crippen molar-refractivity contribution in [2.24, 2.45) is 0 Å². The van der Waals surface area contributed by atoms with Gasteiger partial charge in [-0.15, -0.1) is 0 Å². The van der Waals surface area contributed by atoms with Crippen LogP contribution in [-0.2, 0) is 0 Å². The molecule has 3 N–H and O–H groups in total. The molecule has 1 fully saturated rings. The number of carbonyl (C=O) groups excluding carboxylic acids is 1. The number of hydrogen-bond acceptors (Lipinski definition) is 2. The van der Waals surface area contributed by atoms with Crippen molar-refractivity contribution in [3.05, 3.63) is 52.8 Å². The van der Waals surface area contributed by atoms with E-state index in [0.717, 1.165) is 41.8 Å². The Morgan fingerprint density at radius 2 is 2.14 bits per heavy atom. The lowest BCUT2D eigenvalue weighted by Gasteiger charge is -2.25. The van der Waals surface area contributed by atoms with Crippen molar-refractivity contribution in [2.75, 3.05) is 12.3 Å². The highest BCUT2D eigenvalue weighted by molar-refractivity contribution is 5.97. The summed E-state index contributed by atoms with van der Waals surface area (Å²) in [5.41, 5.74) is 10.5. The van der Waals surface area contributed by atoms with E-state index in [1.807, 2.05) is 49.2 Å². The second kappa shape index (κ2) is 5.28. The topological polar surface area (TPSA) is 62.1 Å². The van der Waals surface area contributed by atoms with Gasteiger partial charge in [-0.25, -0.2) is 0 Å². The van der Waals surface area contributed by atoms with Gasteiger partial charge in [0.15, 0.2) is 0 Å². The van der Waals surface area contributed by atoms with E-state index >= 15 is 0 Å². The molecule has 0 saturated carbocycles. The van der Waals surface area contributed by atoms with E-state index in [2.05, 4.69) is 4.98 Å². The Morgan fingerprint density at radius 3 is 2.86 bits per heavy atom. The maximum Gasteiger partial charge on any atom is 0.254 e. The van der Waals surface area contributed by atoms with Crippen molar-refractivity contribution in [3.63, 3.8) is 0 Å². The number of H-pyrrole nitrogens is 1. The van der Waals surface area contributed by atoms with Crippen molar-refractivity contribution >= 4 is 11.6 Å². The molecule has 2 heterocycles. The number of carbonyl (C=O) groups is 1. The first kappa shape index (κ1) is 13.7. The second-order valence-electron chi connectivity index (χ2n) is 5.81. The van der Waals surface area contributed by atoms with Crippen LogP contribution in [0.5, 0.6) is 0 Å². The fraction of sp³-hybridized carbons (Fsp3) is 0.353. The molecule has 110 valence electrons. The quantitative estimate of drug-likeness (QED) is 0.831. The zero-order valence-corrected chi connectivity index (χ0v) is 12.5. The van der Waals surface area contributed by atoms with Crippen molar-refractivity contribution in [1.29, 1.82) is 0 Å². The van der Waals surface area contributed by atoms with Crippen LogP contribution >= 0.6 is 0 Å². The predicted molar refractivity (Wildman–Crippen MR) is 84.1 cm³/mol. The molecule has 0 spiro atoms. The number of amides is 1. The molecule has 2 aromatic rings. The average Bonchev–Trinajstić information content (AvgIpc) is 3.11. The van der Waals surface area contributed by atoms with Crippen LogP contribution < -0.4 is 5.73 Å². The molecule has 4 heteroatoms. The maximum absolute atomic E-state index is 12.9. The van der Waals surface area contributed by atoms with E-state index in [0.29, 0.717) is 5.69 Å². The van der Waals surface area contributed by atoms with E-state index in [1.165, 1.54) is 0 Å². The van der Waals surface area contributed by atoms with Gasteiger partial charge >= 0.3 is 0 Å². The van der Waals surface area contributed by atoms with Crippen LogP contribution in [0.25, 0.3) is 0 Å². The summed E-state index contributed by atoms with van der Waals surface area (Å²) in [6.45, 7) is 4.74. The SMILES string of the molecule is Cc1cc(C)c(C(=O)N2CCCC2c2ccc[nH]2)cc1N. The van der Waals surface area contributed by atoms with Crippen LogP contribution in [0.2, 0.25) is 0 Å². The normalized spacial score (nSPS) is 18.2. The number of benzene rings is 1. The smallest absolute Gasteiger partial charge is 0.254 e. The monoisotopic (exact) mass is 283 g/mol. The van der Waals surface area contributed by atoms with Gasteiger partial charge < -0.3 is 15.6 Å². The molecule has 4 nitrogen and oxygen atoms in total. The molecule has 1 aromatic heterocycles. The minimum atomic E-state index is 0.0799. The molecule has 3 rings (SSSR count). The number of aromatic nitrogens is 1. The third-order valence-electron chi connectivity index (χ3n) is 4.34. The van der Waals surface area contributed by atoms with E-state index in [-0.39, 0.29) is 11.9 Å². The van der Waals surface area contributed by atoms with E-state index in [9.17, 15) is 4.79 Å². The number of nitrogen functional groups attached to an aromatic ring is 1. The number of hydrogen-bond donors (Lipinski definition) is 2. The summed E-state index contributed by atoms with van der Waals surface area (Å²) < 4.78 is 0. The number of likely N-dealkylation sites (tertiary alicyclic amines) is 1. The summed E-state index contributed by atoms with van der Waals surface area (Å²) in [6.07, 6.45) is 3.95. The molecule has 1 atom stereocenters. The third-order valence-corrected chi connectivity index (χ3v) is 4.34. The first-order chi connectivity index (χ1) is 10.1. The van der Waals surface area contributed by atoms with Gasteiger partial charge in [-0.3, -0.25) is 4.79 Å². The van der Waals surface area contributed by atoms with Crippen molar-refractivity contribution in [3.8, 4) is 0 Å². The van der Waals surface area contributed by atoms with Gasteiger partial charge in [0, 0.05) is 29.7 Å². The van der Waals surface area contributed by atoms with Gasteiger partial charge in [0.2, 0.25) is 0 Å². The van der Waals surface area contributed by atoms with Crippen LogP contribution in [0.4, 0.5) is 5.69 Å². The van der Waals surface area contributed by atoms with Crippen LogP contribution in [0.1, 0.15) is 46.1 Å². The lowest BCUT2D eigenvalue weighted by Crippen LogP contribution is -2.31. The summed E-state index contributed by atoms with van der Waals surface area (Å²) in [5.74, 6) is 0.0799. The van der Waals surface area contributed by atoms with Crippen LogP contribution in [-0.4, -0.2) is 22.3 Å². The molecule has 0 radical (unpaired) electrons. The Kier molecular flexibility index (Phi) is 3.45. The van der Waals surface area contributed by atoms with E-state index in [4.69, 9.17) is 5.73 Å². The number of rotatable bonds is 2. The van der Waals surface area contributed by atoms with Crippen molar-refractivity contribution in [2.45, 2.75) is 32.7 Å². The lowest BCUT2D eigenvalue weighted by atomic mass is 10.0. The standard InChI is InChI=1S/C17H21N3O/c1-11-9-12(2)14(18)10-13(11)17(21)20-8-4-6-16(20)15-5-3-7-19-15/h3,5,7,9-10,16,19H,4,6,8,18H2,1-2H3. The number of aryl methyl sites for hydroxylation is 2. The van der Waals surface area contributed by atoms with Gasteiger partial charge in [-0.2, -0.15) is 0 Å². The zero-order chi connectivity index (χ0) is 15.0. The van der Waals surface area contributed by atoms with Crippen molar-refractivity contribution < 1.29 is 4.79 Å². The van der Waals surface area contributed by atoms with E-state index in [1.54, 1.807) is 0 Å². The number of nitrogens with zero attached hydrogens (tertiary/aromatic N) is 1. The molecule has 0 aliphatic carbocycles. The van der Waals surface area contributed by atoms with Gasteiger partial charge in [-0.1, -0.05) is 6.07 Å². The zero-order valence-electron chi connectivity index (χ0n) is 12.5. The minimum Gasteiger partial charge on any atom is -0.398 e. The predicted octanol–water partition coefficient (Wildman–Crippen LogP) is 3.19. The Bertz CT molecular complexity index is 661. The molecule has 1 aliphatic rings. The summed E-state index contributed by atoms with van der Waals surface area (Å²) in [7, 11) is 0. The van der Waals surface area contributed by atoms with Gasteiger partial charge in [0.1, 0.15) is 0 Å². The molecule has 1 aliphatic heterocycles. The summed E-state index contributed by atoms with van der Waals surface area (Å²) in [6, 6.07) is 7.98. The van der Waals surface area contributed by atoms with E-state index < -0.39 is 0 Å². The Balaban J connectivity index is 1.93. The molecular formula is C17H21N3O. The number of nitrogens with one attached hydrogen (secondary N) is 1.